The number of likely N-dealkylation sites (tertiary alicyclic amines) is 1. The molecule has 1 fully saturated rings. The van der Waals surface area contributed by atoms with E-state index in [9.17, 15) is 34.5 Å². The Bertz CT molecular complexity index is 3240. The number of nitrogens with one attached hydrogen (secondary N) is 1. The number of benzene rings is 3. The zero-order valence-electron chi connectivity index (χ0n) is 35.9. The van der Waals surface area contributed by atoms with E-state index >= 15 is 0 Å². The van der Waals surface area contributed by atoms with Crippen LogP contribution >= 0.6 is 0 Å². The van der Waals surface area contributed by atoms with Gasteiger partial charge in [-0.15, -0.1) is 0 Å². The predicted octanol–water partition coefficient (Wildman–Crippen LogP) is 5.98. The zero-order chi connectivity index (χ0) is 44.9. The van der Waals surface area contributed by atoms with Crippen LogP contribution in [-0.2, 0) is 41.8 Å². The Morgan fingerprint density at radius 2 is 1.75 bits per heavy atom. The molecule has 3 aliphatic rings. The van der Waals surface area contributed by atoms with Crippen LogP contribution in [-0.4, -0.2) is 79.2 Å². The SMILES string of the molecule is CCc1c2c(nc3ccc(OC(=O)N4CCC(c5nc6cc(-n7c(-c8cc(C(C)C)c(O)cc8O)n[nH]c7=O)ccc6n5C)CC4)cc13)-c1cc3c(c(=O)n1C2)COC(=O)[C@@]3(O)CC. The highest BCUT2D eigenvalue weighted by Crippen LogP contribution is 2.42. The molecule has 0 spiro atoms. The van der Waals surface area contributed by atoms with Crippen LogP contribution in [0.5, 0.6) is 17.2 Å². The molecular formula is C47H46N8O9. The third-order valence-electron chi connectivity index (χ3n) is 13.3. The van der Waals surface area contributed by atoms with E-state index < -0.39 is 23.4 Å². The summed E-state index contributed by atoms with van der Waals surface area (Å²) < 4.78 is 16.2. The molecule has 7 heterocycles. The summed E-state index contributed by atoms with van der Waals surface area (Å²) in [4.78, 5) is 64.8. The summed E-state index contributed by atoms with van der Waals surface area (Å²) in [7, 11) is 1.95. The second kappa shape index (κ2) is 14.9. The molecule has 10 rings (SSSR count). The lowest BCUT2D eigenvalue weighted by atomic mass is 9.86. The normalized spacial score (nSPS) is 17.2. The fraction of sp³-hybridized carbons (Fsp3) is 0.340. The minimum absolute atomic E-state index is 0.0404. The molecule has 17 nitrogen and oxygen atoms in total. The Balaban J connectivity index is 0.862. The Hall–Kier alpha value is -7.27. The third kappa shape index (κ3) is 6.19. The van der Waals surface area contributed by atoms with Crippen molar-refractivity contribution in [3.8, 4) is 45.7 Å². The number of carbonyl (C=O) groups is 2. The standard InChI is InChI=1S/C47H46N8O9/c1-6-27-29-17-26(9-10-34(29)48-40-31(27)21-54-37(40)19-33-32(43(54)58)22-63-44(59)47(33,62)7-2)64-46(61)53-14-12-24(13-15-53)41-49-35-16-25(8-11-36(35)52(41)5)55-42(50-51-45(55)60)30-18-28(23(3)4)38(56)20-39(30)57/h8-11,16-20,23-24,56-57,62H,6-7,12-15,21-22H2,1-5H3,(H,51,60)/t47-/m1/s1. The molecule has 0 aliphatic carbocycles. The summed E-state index contributed by atoms with van der Waals surface area (Å²) in [5, 5.41) is 40.0. The van der Waals surface area contributed by atoms with Crippen molar-refractivity contribution < 1.29 is 34.4 Å². The van der Waals surface area contributed by atoms with E-state index in [-0.39, 0.29) is 65.4 Å². The number of carbonyl (C=O) groups excluding carboxylic acids is 2. The lowest BCUT2D eigenvalue weighted by Gasteiger charge is -2.31. The molecule has 4 aromatic heterocycles. The predicted molar refractivity (Wildman–Crippen MR) is 235 cm³/mol. The van der Waals surface area contributed by atoms with Gasteiger partial charge in [0.1, 0.15) is 29.7 Å². The number of imidazole rings is 1. The molecule has 0 radical (unpaired) electrons. The number of esters is 1. The number of piperidine rings is 1. The second-order valence-corrected chi connectivity index (χ2v) is 17.2. The van der Waals surface area contributed by atoms with Gasteiger partial charge in [0, 0.05) is 48.6 Å². The monoisotopic (exact) mass is 866 g/mol. The van der Waals surface area contributed by atoms with Crippen molar-refractivity contribution in [2.75, 3.05) is 13.1 Å². The molecule has 1 atom stereocenters. The van der Waals surface area contributed by atoms with Crippen LogP contribution in [0.4, 0.5) is 4.79 Å². The second-order valence-electron chi connectivity index (χ2n) is 17.2. The van der Waals surface area contributed by atoms with Crippen molar-refractivity contribution in [3.05, 3.63) is 109 Å². The fourth-order valence-corrected chi connectivity index (χ4v) is 9.76. The number of fused-ring (bicyclic) bond motifs is 6. The van der Waals surface area contributed by atoms with Crippen molar-refractivity contribution in [3.63, 3.8) is 0 Å². The lowest BCUT2D eigenvalue weighted by molar-refractivity contribution is -0.172. The molecule has 1 amide bonds. The Morgan fingerprint density at radius 3 is 2.48 bits per heavy atom. The first kappa shape index (κ1) is 40.8. The fourth-order valence-electron chi connectivity index (χ4n) is 9.76. The van der Waals surface area contributed by atoms with E-state index in [0.29, 0.717) is 77.3 Å². The average Bonchev–Trinajstić information content (AvgIpc) is 3.96. The number of H-pyrrole nitrogens is 1. The molecule has 0 saturated carbocycles. The van der Waals surface area contributed by atoms with E-state index in [1.54, 1.807) is 52.8 Å². The summed E-state index contributed by atoms with van der Waals surface area (Å²) >= 11 is 0. The summed E-state index contributed by atoms with van der Waals surface area (Å²) in [5.74, 6) is 0.403. The number of amides is 1. The molecule has 7 aromatic rings. The summed E-state index contributed by atoms with van der Waals surface area (Å²) in [5.41, 5.74) is 4.35. The number of aliphatic hydroxyl groups is 1. The molecule has 4 N–H and O–H groups in total. The summed E-state index contributed by atoms with van der Waals surface area (Å²) in [6, 6.07) is 15.4. The lowest BCUT2D eigenvalue weighted by Crippen LogP contribution is -2.44. The van der Waals surface area contributed by atoms with Crippen LogP contribution < -0.4 is 16.0 Å². The minimum atomic E-state index is -1.92. The molecule has 0 bridgehead atoms. The van der Waals surface area contributed by atoms with Gasteiger partial charge < -0.3 is 38.8 Å². The van der Waals surface area contributed by atoms with E-state index in [4.69, 9.17) is 19.4 Å². The highest BCUT2D eigenvalue weighted by atomic mass is 16.6. The first-order chi connectivity index (χ1) is 30.7. The number of phenolic OH excluding ortho intramolecular Hbond substituents is 2. The van der Waals surface area contributed by atoms with Gasteiger partial charge in [0.25, 0.3) is 5.56 Å². The van der Waals surface area contributed by atoms with E-state index in [1.807, 2.05) is 44.5 Å². The largest absolute Gasteiger partial charge is 0.508 e. The number of pyridine rings is 2. The van der Waals surface area contributed by atoms with Crippen LogP contribution in [0.25, 0.3) is 50.4 Å². The Morgan fingerprint density at radius 1 is 0.969 bits per heavy atom. The minimum Gasteiger partial charge on any atom is -0.508 e. The number of phenols is 2. The van der Waals surface area contributed by atoms with E-state index in [1.165, 1.54) is 10.6 Å². The van der Waals surface area contributed by atoms with Crippen LogP contribution in [0.3, 0.4) is 0 Å². The van der Waals surface area contributed by atoms with Crippen molar-refractivity contribution in [1.82, 2.24) is 38.8 Å². The van der Waals surface area contributed by atoms with Gasteiger partial charge in [-0.05, 0) is 91.3 Å². The third-order valence-corrected chi connectivity index (χ3v) is 13.3. The number of cyclic esters (lactones) is 1. The van der Waals surface area contributed by atoms with Gasteiger partial charge >= 0.3 is 17.8 Å². The van der Waals surface area contributed by atoms with Gasteiger partial charge in [0.05, 0.1) is 51.3 Å². The van der Waals surface area contributed by atoms with Crippen molar-refractivity contribution >= 4 is 34.0 Å². The Kier molecular flexibility index (Phi) is 9.52. The first-order valence-electron chi connectivity index (χ1n) is 21.5. The molecule has 3 aromatic carbocycles. The van der Waals surface area contributed by atoms with Crippen LogP contribution in [0.2, 0.25) is 0 Å². The van der Waals surface area contributed by atoms with Gasteiger partial charge in [-0.3, -0.25) is 4.79 Å². The summed E-state index contributed by atoms with van der Waals surface area (Å²) in [6.07, 6.45) is 1.50. The number of aromatic amines is 1. The van der Waals surface area contributed by atoms with Crippen molar-refractivity contribution in [2.24, 2.45) is 7.05 Å². The number of ether oxygens (including phenoxy) is 2. The molecule has 64 heavy (non-hydrogen) atoms. The maximum absolute atomic E-state index is 13.8. The molecule has 1 saturated heterocycles. The smallest absolute Gasteiger partial charge is 0.415 e. The summed E-state index contributed by atoms with van der Waals surface area (Å²) in [6.45, 7) is 8.49. The van der Waals surface area contributed by atoms with Gasteiger partial charge in [0.15, 0.2) is 11.4 Å². The molecular weight excluding hydrogens is 821 g/mol. The number of hydrogen-bond acceptors (Lipinski definition) is 12. The number of aromatic hydroxyl groups is 2. The maximum atomic E-state index is 13.8. The zero-order valence-corrected chi connectivity index (χ0v) is 35.9. The van der Waals surface area contributed by atoms with Gasteiger partial charge in [-0.25, -0.2) is 34.0 Å². The average molecular weight is 867 g/mol. The number of aryl methyl sites for hydroxylation is 2. The van der Waals surface area contributed by atoms with Crippen LogP contribution in [0.1, 0.15) is 92.4 Å². The first-order valence-corrected chi connectivity index (χ1v) is 21.5. The topological polar surface area (TPSA) is 220 Å². The van der Waals surface area contributed by atoms with Gasteiger partial charge in [-0.2, -0.15) is 5.10 Å². The van der Waals surface area contributed by atoms with Crippen molar-refractivity contribution in [1.29, 1.82) is 0 Å². The quantitative estimate of drug-likeness (QED) is 0.136. The molecule has 17 heteroatoms. The van der Waals surface area contributed by atoms with Crippen LogP contribution in [0.15, 0.2) is 64.2 Å². The van der Waals surface area contributed by atoms with E-state index in [0.717, 1.165) is 27.9 Å². The number of hydrogen-bond donors (Lipinski definition) is 4. The van der Waals surface area contributed by atoms with Crippen LogP contribution in [0, 0.1) is 0 Å². The molecule has 328 valence electrons. The van der Waals surface area contributed by atoms with Crippen molar-refractivity contribution in [2.45, 2.75) is 84.0 Å². The van der Waals surface area contributed by atoms with E-state index in [2.05, 4.69) is 10.2 Å². The highest BCUT2D eigenvalue weighted by molar-refractivity contribution is 5.90. The maximum Gasteiger partial charge on any atom is 0.415 e. The number of aromatic nitrogens is 7. The number of nitrogens with zero attached hydrogens (tertiary/aromatic N) is 7. The number of rotatable bonds is 7. The Labute approximate surface area is 365 Å². The van der Waals surface area contributed by atoms with Gasteiger partial charge in [0.2, 0.25) is 0 Å². The van der Waals surface area contributed by atoms with Gasteiger partial charge in [-0.1, -0.05) is 27.7 Å². The highest BCUT2D eigenvalue weighted by Gasteiger charge is 2.45. The molecule has 3 aliphatic heterocycles. The molecule has 0 unspecified atom stereocenters.